The van der Waals surface area contributed by atoms with Crippen LogP contribution < -0.4 is 4.90 Å². The SMILES string of the molecule is CO[C@@H]1CCN(c2cc(Cl)nc(C3CC3)n2)[C@@H](C)C1. The second-order valence-corrected chi connectivity index (χ2v) is 5.99. The number of hydrogen-bond donors (Lipinski definition) is 0. The molecular weight excluding hydrogens is 262 g/mol. The third kappa shape index (κ3) is 2.84. The molecule has 0 unspecified atom stereocenters. The lowest BCUT2D eigenvalue weighted by atomic mass is 10.0. The Morgan fingerprint density at radius 2 is 2.11 bits per heavy atom. The Hall–Kier alpha value is -0.870. The van der Waals surface area contributed by atoms with Crippen LogP contribution in [0.1, 0.15) is 44.3 Å². The fourth-order valence-corrected chi connectivity index (χ4v) is 2.96. The molecule has 2 aliphatic rings. The van der Waals surface area contributed by atoms with Crippen LogP contribution in [0.25, 0.3) is 0 Å². The summed E-state index contributed by atoms with van der Waals surface area (Å²) < 4.78 is 5.46. The molecule has 1 saturated heterocycles. The molecule has 19 heavy (non-hydrogen) atoms. The quantitative estimate of drug-likeness (QED) is 0.799. The average molecular weight is 282 g/mol. The molecule has 2 heterocycles. The maximum atomic E-state index is 6.14. The summed E-state index contributed by atoms with van der Waals surface area (Å²) in [5, 5.41) is 0.563. The largest absolute Gasteiger partial charge is 0.381 e. The van der Waals surface area contributed by atoms with Gasteiger partial charge in [-0.25, -0.2) is 9.97 Å². The Morgan fingerprint density at radius 3 is 2.74 bits per heavy atom. The molecule has 5 heteroatoms. The maximum Gasteiger partial charge on any atom is 0.135 e. The third-order valence-electron chi connectivity index (χ3n) is 4.10. The Balaban J connectivity index is 1.81. The number of nitrogens with zero attached hydrogens (tertiary/aromatic N) is 3. The molecule has 2 atom stereocenters. The van der Waals surface area contributed by atoms with Crippen molar-refractivity contribution >= 4 is 17.4 Å². The van der Waals surface area contributed by atoms with Crippen molar-refractivity contribution in [3.63, 3.8) is 0 Å². The summed E-state index contributed by atoms with van der Waals surface area (Å²) in [4.78, 5) is 11.4. The fourth-order valence-electron chi connectivity index (χ4n) is 2.78. The molecule has 0 amide bonds. The number of ether oxygens (including phenoxy) is 1. The highest BCUT2D eigenvalue weighted by Crippen LogP contribution is 2.39. The molecular formula is C14H20ClN3O. The third-order valence-corrected chi connectivity index (χ3v) is 4.29. The number of methoxy groups -OCH3 is 1. The summed E-state index contributed by atoms with van der Waals surface area (Å²) in [6, 6.07) is 2.31. The molecule has 0 N–H and O–H groups in total. The van der Waals surface area contributed by atoms with E-state index in [-0.39, 0.29) is 0 Å². The van der Waals surface area contributed by atoms with E-state index >= 15 is 0 Å². The molecule has 0 aromatic carbocycles. The van der Waals surface area contributed by atoms with Gasteiger partial charge in [-0.15, -0.1) is 0 Å². The summed E-state index contributed by atoms with van der Waals surface area (Å²) in [6.45, 7) is 3.19. The van der Waals surface area contributed by atoms with Gasteiger partial charge in [-0.1, -0.05) is 11.6 Å². The van der Waals surface area contributed by atoms with Crippen molar-refractivity contribution < 1.29 is 4.74 Å². The van der Waals surface area contributed by atoms with Gasteiger partial charge in [0.1, 0.15) is 16.8 Å². The van der Waals surface area contributed by atoms with Gasteiger partial charge >= 0.3 is 0 Å². The van der Waals surface area contributed by atoms with Crippen LogP contribution in [0.5, 0.6) is 0 Å². The summed E-state index contributed by atoms with van der Waals surface area (Å²) >= 11 is 6.14. The minimum absolute atomic E-state index is 0.367. The zero-order chi connectivity index (χ0) is 13.4. The number of anilines is 1. The molecule has 0 bridgehead atoms. The van der Waals surface area contributed by atoms with Crippen LogP contribution in [0.2, 0.25) is 5.15 Å². The first kappa shape index (κ1) is 13.1. The van der Waals surface area contributed by atoms with Crippen LogP contribution in [0, 0.1) is 0 Å². The number of rotatable bonds is 3. The van der Waals surface area contributed by atoms with E-state index in [2.05, 4.69) is 16.8 Å². The summed E-state index contributed by atoms with van der Waals surface area (Å²) in [7, 11) is 1.79. The zero-order valence-electron chi connectivity index (χ0n) is 11.5. The topological polar surface area (TPSA) is 38.2 Å². The van der Waals surface area contributed by atoms with Crippen LogP contribution >= 0.6 is 11.6 Å². The highest BCUT2D eigenvalue weighted by atomic mass is 35.5. The minimum Gasteiger partial charge on any atom is -0.381 e. The van der Waals surface area contributed by atoms with Gasteiger partial charge in [0.25, 0.3) is 0 Å². The molecule has 2 fully saturated rings. The monoisotopic (exact) mass is 281 g/mol. The van der Waals surface area contributed by atoms with Gasteiger partial charge in [-0.2, -0.15) is 0 Å². The smallest absolute Gasteiger partial charge is 0.135 e. The van der Waals surface area contributed by atoms with Crippen LogP contribution in [0.3, 0.4) is 0 Å². The molecule has 1 saturated carbocycles. The Bertz CT molecular complexity index is 464. The van der Waals surface area contributed by atoms with Crippen molar-refractivity contribution in [2.45, 2.75) is 50.7 Å². The van der Waals surface area contributed by atoms with Crippen molar-refractivity contribution in [3.05, 3.63) is 17.0 Å². The zero-order valence-corrected chi connectivity index (χ0v) is 12.2. The first-order valence-electron chi connectivity index (χ1n) is 7.01. The molecule has 0 spiro atoms. The predicted molar refractivity (Wildman–Crippen MR) is 75.9 cm³/mol. The Labute approximate surface area is 119 Å². The Kier molecular flexibility index (Phi) is 3.63. The molecule has 0 radical (unpaired) electrons. The highest BCUT2D eigenvalue weighted by molar-refractivity contribution is 6.29. The van der Waals surface area contributed by atoms with Gasteiger partial charge in [0.15, 0.2) is 0 Å². The molecule has 104 valence electrons. The number of halogens is 1. The van der Waals surface area contributed by atoms with Crippen molar-refractivity contribution in [1.29, 1.82) is 0 Å². The lowest BCUT2D eigenvalue weighted by Gasteiger charge is -2.38. The summed E-state index contributed by atoms with van der Waals surface area (Å²) in [5.41, 5.74) is 0. The molecule has 3 rings (SSSR count). The normalized spacial score (nSPS) is 27.6. The van der Waals surface area contributed by atoms with Gasteiger partial charge < -0.3 is 9.64 Å². The van der Waals surface area contributed by atoms with Crippen molar-refractivity contribution in [1.82, 2.24) is 9.97 Å². The molecule has 1 aliphatic heterocycles. The Morgan fingerprint density at radius 1 is 1.32 bits per heavy atom. The number of aromatic nitrogens is 2. The minimum atomic E-state index is 0.367. The predicted octanol–water partition coefficient (Wildman–Crippen LogP) is 3.01. The average Bonchev–Trinajstić information content (AvgIpc) is 3.22. The maximum absolute atomic E-state index is 6.14. The molecule has 1 aliphatic carbocycles. The van der Waals surface area contributed by atoms with E-state index in [0.717, 1.165) is 31.0 Å². The van der Waals surface area contributed by atoms with Gasteiger partial charge in [0.05, 0.1) is 6.10 Å². The van der Waals surface area contributed by atoms with Crippen molar-refractivity contribution in [2.75, 3.05) is 18.6 Å². The highest BCUT2D eigenvalue weighted by Gasteiger charge is 2.30. The first-order valence-corrected chi connectivity index (χ1v) is 7.39. The summed E-state index contributed by atoms with van der Waals surface area (Å²) in [5.74, 6) is 2.43. The van der Waals surface area contributed by atoms with Gasteiger partial charge in [0, 0.05) is 31.7 Å². The van der Waals surface area contributed by atoms with E-state index in [0.29, 0.717) is 23.2 Å². The van der Waals surface area contributed by atoms with E-state index in [9.17, 15) is 0 Å². The van der Waals surface area contributed by atoms with Gasteiger partial charge in [0.2, 0.25) is 0 Å². The van der Waals surface area contributed by atoms with E-state index < -0.39 is 0 Å². The number of piperidine rings is 1. The van der Waals surface area contributed by atoms with E-state index in [1.54, 1.807) is 7.11 Å². The standard InChI is InChI=1S/C14H20ClN3O/c1-9-7-11(19-2)5-6-18(9)13-8-12(15)16-14(17-13)10-3-4-10/h8-11H,3-7H2,1-2H3/t9-,11+/m0/s1. The lowest BCUT2D eigenvalue weighted by Crippen LogP contribution is -2.43. The molecule has 1 aromatic heterocycles. The second kappa shape index (κ2) is 5.25. The van der Waals surface area contributed by atoms with E-state index in [4.69, 9.17) is 21.3 Å². The van der Waals surface area contributed by atoms with Crippen molar-refractivity contribution in [2.24, 2.45) is 0 Å². The molecule has 4 nitrogen and oxygen atoms in total. The molecule has 1 aromatic rings. The van der Waals surface area contributed by atoms with Gasteiger partial charge in [-0.3, -0.25) is 0 Å². The van der Waals surface area contributed by atoms with Crippen LogP contribution in [-0.2, 0) is 4.74 Å². The number of hydrogen-bond acceptors (Lipinski definition) is 4. The van der Waals surface area contributed by atoms with E-state index in [1.165, 1.54) is 12.8 Å². The van der Waals surface area contributed by atoms with Gasteiger partial charge in [-0.05, 0) is 32.6 Å². The van der Waals surface area contributed by atoms with Crippen molar-refractivity contribution in [3.8, 4) is 0 Å². The van der Waals surface area contributed by atoms with Crippen LogP contribution in [-0.4, -0.2) is 35.8 Å². The lowest BCUT2D eigenvalue weighted by molar-refractivity contribution is 0.0719. The second-order valence-electron chi connectivity index (χ2n) is 5.61. The first-order chi connectivity index (χ1) is 9.17. The van der Waals surface area contributed by atoms with Crippen LogP contribution in [0.4, 0.5) is 5.82 Å². The fraction of sp³-hybridized carbons (Fsp3) is 0.714. The summed E-state index contributed by atoms with van der Waals surface area (Å²) in [6.07, 6.45) is 4.84. The van der Waals surface area contributed by atoms with E-state index in [1.807, 2.05) is 6.07 Å². The van der Waals surface area contributed by atoms with Crippen LogP contribution in [0.15, 0.2) is 6.07 Å².